The number of hydrogen-bond donors (Lipinski definition) is 3. The summed E-state index contributed by atoms with van der Waals surface area (Å²) in [5.74, 6) is -1.91. The number of hydrogen-bond acceptors (Lipinski definition) is 5. The molecule has 0 amide bonds. The van der Waals surface area contributed by atoms with Crippen LogP contribution in [0.3, 0.4) is 0 Å². The molecule has 0 saturated carbocycles. The van der Waals surface area contributed by atoms with Crippen molar-refractivity contribution in [2.45, 2.75) is 19.2 Å². The summed E-state index contributed by atoms with van der Waals surface area (Å²) in [5.41, 5.74) is 10.5. The molecule has 0 fully saturated rings. The van der Waals surface area contributed by atoms with Gasteiger partial charge in [0.05, 0.1) is 23.6 Å². The highest BCUT2D eigenvalue weighted by atomic mass is 19.4. The molecule has 0 radical (unpaired) electrons. The largest absolute Gasteiger partial charge is 0.490 e. The fraction of sp³-hybridized carbons (Fsp3) is 0.308. The lowest BCUT2D eigenvalue weighted by Gasteiger charge is -2.28. The molecule has 22 heavy (non-hydrogen) atoms. The maximum absolute atomic E-state index is 12.9. The number of carboxylic acids is 1. The molecule has 5 N–H and O–H groups in total. The smallest absolute Gasteiger partial charge is 0.430 e. The van der Waals surface area contributed by atoms with Crippen LogP contribution in [0.1, 0.15) is 12.5 Å². The Labute approximate surface area is 123 Å². The van der Waals surface area contributed by atoms with Crippen molar-refractivity contribution in [3.63, 3.8) is 0 Å². The van der Waals surface area contributed by atoms with Gasteiger partial charge < -0.3 is 26.0 Å². The van der Waals surface area contributed by atoms with Crippen LogP contribution in [-0.4, -0.2) is 30.0 Å². The van der Waals surface area contributed by atoms with Gasteiger partial charge in [-0.25, -0.2) is 4.79 Å². The minimum atomic E-state index is -4.88. The number of benzene rings is 1. The van der Waals surface area contributed by atoms with Gasteiger partial charge in [-0.15, -0.1) is 0 Å². The van der Waals surface area contributed by atoms with Gasteiger partial charge in [-0.3, -0.25) is 0 Å². The zero-order chi connectivity index (χ0) is 16.7. The Morgan fingerprint density at radius 3 is 2.59 bits per heavy atom. The first-order valence-electron chi connectivity index (χ1n) is 6.19. The molecule has 0 aliphatic carbocycles. The summed E-state index contributed by atoms with van der Waals surface area (Å²) in [4.78, 5) is 11.1. The van der Waals surface area contributed by atoms with E-state index in [-0.39, 0.29) is 35.0 Å². The second-order valence-electron chi connectivity index (χ2n) is 4.50. The molecule has 6 nitrogen and oxygen atoms in total. The first kappa shape index (κ1) is 15.8. The predicted molar refractivity (Wildman–Crippen MR) is 72.5 cm³/mol. The lowest BCUT2D eigenvalue weighted by molar-refractivity contribution is -0.187. The van der Waals surface area contributed by atoms with E-state index in [1.807, 2.05) is 0 Å². The molecule has 0 spiro atoms. The van der Waals surface area contributed by atoms with E-state index in [4.69, 9.17) is 26.0 Å². The molecule has 1 heterocycles. The molecule has 1 aromatic rings. The fourth-order valence-corrected chi connectivity index (χ4v) is 2.09. The molecule has 9 heteroatoms. The highest BCUT2D eigenvalue weighted by Gasteiger charge is 2.48. The summed E-state index contributed by atoms with van der Waals surface area (Å²) < 4.78 is 48.8. The second kappa shape index (κ2) is 5.32. The van der Waals surface area contributed by atoms with Crippen molar-refractivity contribution in [1.82, 2.24) is 0 Å². The number of aliphatic carboxylic acids is 1. The second-order valence-corrected chi connectivity index (χ2v) is 4.50. The highest BCUT2D eigenvalue weighted by Crippen LogP contribution is 2.45. The van der Waals surface area contributed by atoms with Crippen molar-refractivity contribution in [2.24, 2.45) is 0 Å². The number of fused-ring (bicyclic) bond motifs is 1. The number of nitrogen functional groups attached to an aromatic ring is 2. The third-order valence-electron chi connectivity index (χ3n) is 3.01. The molecule has 0 saturated heterocycles. The molecule has 2 rings (SSSR count). The van der Waals surface area contributed by atoms with Gasteiger partial charge in [0.25, 0.3) is 0 Å². The molecular weight excluding hydrogens is 305 g/mol. The number of alkyl halides is 3. The van der Waals surface area contributed by atoms with Gasteiger partial charge in [-0.2, -0.15) is 13.2 Å². The van der Waals surface area contributed by atoms with Gasteiger partial charge >= 0.3 is 12.1 Å². The van der Waals surface area contributed by atoms with Crippen LogP contribution in [0.4, 0.5) is 24.5 Å². The maximum Gasteiger partial charge on any atom is 0.430 e. The molecule has 1 aromatic carbocycles. The lowest BCUT2D eigenvalue weighted by Crippen LogP contribution is -2.40. The minimum Gasteiger partial charge on any atom is -0.490 e. The number of ether oxygens (including phenoxy) is 2. The standard InChI is InChI=1S/C13H13F3N2O4/c1-2-21-10-7(17)4-8-5(9(10)18)3-6(12(19)20)11(22-8)13(14,15)16/h3-4,11H,2,17-18H2,1H3,(H,19,20)/t11-/m0/s1. The van der Waals surface area contributed by atoms with Gasteiger partial charge in [0.1, 0.15) is 5.75 Å². The third-order valence-corrected chi connectivity index (χ3v) is 3.01. The van der Waals surface area contributed by atoms with E-state index in [1.165, 1.54) is 0 Å². The first-order valence-corrected chi connectivity index (χ1v) is 6.19. The quantitative estimate of drug-likeness (QED) is 0.736. The van der Waals surface area contributed by atoms with E-state index in [0.29, 0.717) is 0 Å². The summed E-state index contributed by atoms with van der Waals surface area (Å²) in [6.07, 6.45) is -6.64. The van der Waals surface area contributed by atoms with E-state index < -0.39 is 23.8 Å². The van der Waals surface area contributed by atoms with Gasteiger partial charge in [-0.1, -0.05) is 0 Å². The molecule has 0 unspecified atom stereocenters. The number of carboxylic acid groups (broad SMARTS) is 1. The van der Waals surface area contributed by atoms with Crippen molar-refractivity contribution in [2.75, 3.05) is 18.1 Å². The Bertz CT molecular complexity index is 656. The normalized spacial score (nSPS) is 17.3. The van der Waals surface area contributed by atoms with E-state index in [1.54, 1.807) is 6.92 Å². The molecular formula is C13H13F3N2O4. The molecule has 0 aromatic heterocycles. The third kappa shape index (κ3) is 2.61. The van der Waals surface area contributed by atoms with Crippen LogP contribution in [0.25, 0.3) is 6.08 Å². The summed E-state index contributed by atoms with van der Waals surface area (Å²) in [7, 11) is 0. The van der Waals surface area contributed by atoms with Crippen molar-refractivity contribution in [3.8, 4) is 11.5 Å². The van der Waals surface area contributed by atoms with E-state index in [9.17, 15) is 18.0 Å². The number of nitrogens with two attached hydrogens (primary N) is 2. The van der Waals surface area contributed by atoms with Gasteiger partial charge in [0.15, 0.2) is 5.75 Å². The summed E-state index contributed by atoms with van der Waals surface area (Å²) in [5, 5.41) is 8.97. The molecule has 0 bridgehead atoms. The summed E-state index contributed by atoms with van der Waals surface area (Å²) in [6, 6.07) is 1.13. The molecule has 1 aliphatic rings. The minimum absolute atomic E-state index is 0.00412. The predicted octanol–water partition coefficient (Wildman–Crippen LogP) is 2.04. The Morgan fingerprint density at radius 2 is 2.09 bits per heavy atom. The Hall–Kier alpha value is -2.58. The van der Waals surface area contributed by atoms with Gasteiger partial charge in [0.2, 0.25) is 6.10 Å². The Balaban J connectivity index is 2.63. The van der Waals surface area contributed by atoms with Crippen LogP contribution < -0.4 is 20.9 Å². The zero-order valence-corrected chi connectivity index (χ0v) is 11.4. The topological polar surface area (TPSA) is 108 Å². The zero-order valence-electron chi connectivity index (χ0n) is 11.4. The van der Waals surface area contributed by atoms with Crippen LogP contribution in [-0.2, 0) is 4.79 Å². The van der Waals surface area contributed by atoms with Crippen molar-refractivity contribution >= 4 is 23.4 Å². The molecule has 1 aliphatic heterocycles. The summed E-state index contributed by atoms with van der Waals surface area (Å²) in [6.45, 7) is 1.90. The van der Waals surface area contributed by atoms with Crippen LogP contribution in [0.5, 0.6) is 11.5 Å². The van der Waals surface area contributed by atoms with Crippen LogP contribution >= 0.6 is 0 Å². The highest BCUT2D eigenvalue weighted by molar-refractivity contribution is 5.97. The average molecular weight is 318 g/mol. The Kier molecular flexibility index (Phi) is 3.82. The van der Waals surface area contributed by atoms with Gasteiger partial charge in [0, 0.05) is 11.6 Å². The number of carbonyl (C=O) groups is 1. The molecule has 1 atom stereocenters. The first-order chi connectivity index (χ1) is 10.2. The fourth-order valence-electron chi connectivity index (χ4n) is 2.09. The van der Waals surface area contributed by atoms with Gasteiger partial charge in [-0.05, 0) is 13.0 Å². The van der Waals surface area contributed by atoms with Crippen molar-refractivity contribution in [1.29, 1.82) is 0 Å². The van der Waals surface area contributed by atoms with E-state index in [0.717, 1.165) is 12.1 Å². The maximum atomic E-state index is 12.9. The van der Waals surface area contributed by atoms with Crippen LogP contribution in [0.15, 0.2) is 11.6 Å². The average Bonchev–Trinajstić information content (AvgIpc) is 2.41. The SMILES string of the molecule is CCOc1c(N)cc2c(c1N)C=C(C(=O)O)[C@@H](C(F)(F)F)O2. The lowest BCUT2D eigenvalue weighted by atomic mass is 9.99. The number of anilines is 2. The van der Waals surface area contributed by atoms with Crippen LogP contribution in [0, 0.1) is 0 Å². The monoisotopic (exact) mass is 318 g/mol. The van der Waals surface area contributed by atoms with Crippen molar-refractivity contribution in [3.05, 3.63) is 17.2 Å². The van der Waals surface area contributed by atoms with E-state index in [2.05, 4.69) is 0 Å². The number of rotatable bonds is 3. The number of halogens is 3. The Morgan fingerprint density at radius 1 is 1.45 bits per heavy atom. The van der Waals surface area contributed by atoms with E-state index >= 15 is 0 Å². The summed E-state index contributed by atoms with van der Waals surface area (Å²) >= 11 is 0. The molecule has 120 valence electrons. The van der Waals surface area contributed by atoms with Crippen molar-refractivity contribution < 1.29 is 32.5 Å². The van der Waals surface area contributed by atoms with Crippen LogP contribution in [0.2, 0.25) is 0 Å².